The highest BCUT2D eigenvalue weighted by Gasteiger charge is 2.35. The van der Waals surface area contributed by atoms with Crippen LogP contribution in [-0.2, 0) is 0 Å². The first-order valence-corrected chi connectivity index (χ1v) is 13.9. The normalized spacial score (nSPS) is 25.3. The first-order valence-electron chi connectivity index (χ1n) is 12.4. The number of nitrogens with zero attached hydrogens (tertiary/aromatic N) is 1. The second-order valence-electron chi connectivity index (χ2n) is 10.7. The Bertz CT molecular complexity index is 568. The van der Waals surface area contributed by atoms with Crippen LogP contribution >= 0.6 is 7.92 Å². The minimum absolute atomic E-state index is 0.0994. The average molecular weight is 417 g/mol. The van der Waals surface area contributed by atoms with Gasteiger partial charge in [0.05, 0.1) is 0 Å². The molecule has 3 aliphatic rings. The Morgan fingerprint density at radius 2 is 1.59 bits per heavy atom. The van der Waals surface area contributed by atoms with Gasteiger partial charge in [0.1, 0.15) is 5.58 Å². The molecule has 0 radical (unpaired) electrons. The van der Waals surface area contributed by atoms with Crippen molar-refractivity contribution in [2.45, 2.75) is 122 Å². The van der Waals surface area contributed by atoms with Gasteiger partial charge in [0, 0.05) is 12.1 Å². The molecule has 0 aliphatic heterocycles. The second-order valence-corrected chi connectivity index (χ2v) is 13.4. The predicted octanol–water partition coefficient (Wildman–Crippen LogP) is 7.79. The molecule has 1 unspecified atom stereocenters. The molecule has 0 spiro atoms. The molecule has 0 saturated heterocycles. The van der Waals surface area contributed by atoms with Crippen molar-refractivity contribution in [3.63, 3.8) is 0 Å². The molecular formula is C26H45N2P. The van der Waals surface area contributed by atoms with E-state index in [1.165, 1.54) is 81.8 Å². The minimum Gasteiger partial charge on any atom is -0.366 e. The van der Waals surface area contributed by atoms with Gasteiger partial charge in [-0.15, -0.1) is 0 Å². The molecule has 0 bridgehead atoms. The molecule has 0 aromatic rings. The lowest BCUT2D eigenvalue weighted by molar-refractivity contribution is 0.483. The van der Waals surface area contributed by atoms with Crippen molar-refractivity contribution in [3.8, 4) is 0 Å². The van der Waals surface area contributed by atoms with E-state index in [2.05, 4.69) is 51.2 Å². The monoisotopic (exact) mass is 416 g/mol. The Labute approximate surface area is 181 Å². The summed E-state index contributed by atoms with van der Waals surface area (Å²) in [6.45, 7) is 10.2. The topological polar surface area (TPSA) is 24.4 Å². The number of allylic oxidation sites excluding steroid dienone is 3. The Kier molecular flexibility index (Phi) is 8.85. The summed E-state index contributed by atoms with van der Waals surface area (Å²) >= 11 is 0. The number of nitrogens with one attached hydrogen (secondary N) is 1. The van der Waals surface area contributed by atoms with E-state index in [-0.39, 0.29) is 13.5 Å². The quantitative estimate of drug-likeness (QED) is 0.267. The fourth-order valence-electron chi connectivity index (χ4n) is 5.13. The van der Waals surface area contributed by atoms with E-state index in [1.807, 2.05) is 0 Å². The van der Waals surface area contributed by atoms with E-state index < -0.39 is 0 Å². The molecule has 2 nitrogen and oxygen atoms in total. The van der Waals surface area contributed by atoms with Crippen LogP contribution in [0.4, 0.5) is 0 Å². The Morgan fingerprint density at radius 3 is 2.07 bits per heavy atom. The molecular weight excluding hydrogens is 371 g/mol. The molecule has 29 heavy (non-hydrogen) atoms. The van der Waals surface area contributed by atoms with Crippen LogP contribution in [0.3, 0.4) is 0 Å². The van der Waals surface area contributed by atoms with E-state index >= 15 is 0 Å². The van der Waals surface area contributed by atoms with Gasteiger partial charge in [-0.3, -0.25) is 4.99 Å². The van der Waals surface area contributed by atoms with Crippen LogP contribution in [0.2, 0.25) is 0 Å². The molecule has 164 valence electrons. The van der Waals surface area contributed by atoms with Gasteiger partial charge in [0.25, 0.3) is 0 Å². The van der Waals surface area contributed by atoms with Crippen LogP contribution in [0.1, 0.15) is 105 Å². The number of hydrogen-bond donors (Lipinski definition) is 1. The summed E-state index contributed by atoms with van der Waals surface area (Å²) in [6.07, 6.45) is 23.8. The van der Waals surface area contributed by atoms with Crippen molar-refractivity contribution in [1.82, 2.24) is 5.32 Å². The van der Waals surface area contributed by atoms with Crippen LogP contribution in [0.25, 0.3) is 0 Å². The van der Waals surface area contributed by atoms with Crippen LogP contribution < -0.4 is 5.32 Å². The zero-order chi connectivity index (χ0) is 20.7. The highest BCUT2D eigenvalue weighted by Crippen LogP contribution is 2.56. The van der Waals surface area contributed by atoms with E-state index in [0.717, 1.165) is 24.3 Å². The van der Waals surface area contributed by atoms with E-state index in [1.54, 1.807) is 0 Å². The van der Waals surface area contributed by atoms with Crippen LogP contribution in [0.15, 0.2) is 28.8 Å². The molecule has 3 rings (SSSR count). The zero-order valence-corrected chi connectivity index (χ0v) is 20.4. The van der Waals surface area contributed by atoms with Gasteiger partial charge in [0.2, 0.25) is 0 Å². The summed E-state index contributed by atoms with van der Waals surface area (Å²) in [6, 6.07) is 0. The minimum atomic E-state index is -0.160. The molecule has 0 aromatic heterocycles. The second kappa shape index (κ2) is 11.1. The van der Waals surface area contributed by atoms with Crippen LogP contribution in [0.5, 0.6) is 0 Å². The number of rotatable bonds is 6. The highest BCUT2D eigenvalue weighted by molar-refractivity contribution is 7.76. The predicted molar refractivity (Wildman–Crippen MR) is 131 cm³/mol. The third kappa shape index (κ3) is 7.54. The lowest BCUT2D eigenvalue weighted by atomic mass is 9.97. The molecule has 0 heterocycles. The van der Waals surface area contributed by atoms with Crippen molar-refractivity contribution in [2.24, 2.45) is 10.9 Å². The van der Waals surface area contributed by atoms with Crippen molar-refractivity contribution < 1.29 is 0 Å². The molecule has 1 atom stereocenters. The van der Waals surface area contributed by atoms with E-state index in [4.69, 9.17) is 4.99 Å². The maximum Gasteiger partial charge on any atom is 0.120 e. The molecule has 3 aliphatic carbocycles. The summed E-state index contributed by atoms with van der Waals surface area (Å²) in [7, 11) is -0.160. The number of hydrogen-bond acceptors (Lipinski definition) is 1. The molecule has 1 N–H and O–H groups in total. The number of aliphatic imine (C=N–C) groups is 1. The average Bonchev–Trinajstić information content (AvgIpc) is 2.70. The van der Waals surface area contributed by atoms with Gasteiger partial charge >= 0.3 is 0 Å². The summed E-state index contributed by atoms with van der Waals surface area (Å²) in [5, 5.41) is 3.94. The fraction of sp³-hybridized carbons (Fsp3) is 0.808. The van der Waals surface area contributed by atoms with Crippen molar-refractivity contribution in [3.05, 3.63) is 23.8 Å². The molecule has 3 heteroatoms. The standard InChI is InChI=1S/C26H45N2P/c1-21-15-17-22(18-16-21)19-20-27-25(28-26(2,3)4)29(23-11-7-5-8-12-23)24-13-9-6-10-14-24/h15,17-18,21,23-24H,5-14,16,19-20H2,1-4H3,(H,27,28). The first-order chi connectivity index (χ1) is 13.9. The van der Waals surface area contributed by atoms with Crippen LogP contribution in [0, 0.1) is 5.92 Å². The van der Waals surface area contributed by atoms with E-state index in [9.17, 15) is 0 Å². The largest absolute Gasteiger partial charge is 0.366 e. The third-order valence-corrected chi connectivity index (χ3v) is 10.1. The number of amidine groups is 1. The third-order valence-electron chi connectivity index (χ3n) is 6.72. The molecule has 2 saturated carbocycles. The smallest absolute Gasteiger partial charge is 0.120 e. The Balaban J connectivity index is 1.77. The fourth-order valence-corrected chi connectivity index (χ4v) is 8.99. The molecule has 2 fully saturated rings. The maximum atomic E-state index is 5.33. The van der Waals surface area contributed by atoms with E-state index in [0.29, 0.717) is 5.92 Å². The van der Waals surface area contributed by atoms with Gasteiger partial charge in [-0.2, -0.15) is 0 Å². The van der Waals surface area contributed by atoms with Crippen molar-refractivity contribution >= 4 is 13.5 Å². The summed E-state index contributed by atoms with van der Waals surface area (Å²) in [4.78, 5) is 5.33. The highest BCUT2D eigenvalue weighted by atomic mass is 31.1. The Hall–Kier alpha value is -0.620. The van der Waals surface area contributed by atoms with Gasteiger partial charge in [-0.05, 0) is 84.5 Å². The SMILES string of the molecule is CC1C=CC(CCN=C(NC(C)(C)C)P(C2CCCCC2)C2CCCCC2)=CC1. The summed E-state index contributed by atoms with van der Waals surface area (Å²) < 4.78 is 0. The maximum absolute atomic E-state index is 5.33. The van der Waals surface area contributed by atoms with Crippen molar-refractivity contribution in [2.75, 3.05) is 6.54 Å². The molecule has 0 aromatic carbocycles. The first kappa shape index (κ1) is 23.1. The van der Waals surface area contributed by atoms with Gasteiger partial charge in [-0.25, -0.2) is 0 Å². The molecule has 0 amide bonds. The lowest BCUT2D eigenvalue weighted by Gasteiger charge is -2.41. The lowest BCUT2D eigenvalue weighted by Crippen LogP contribution is -2.43. The van der Waals surface area contributed by atoms with Crippen LogP contribution in [-0.4, -0.2) is 29.0 Å². The zero-order valence-electron chi connectivity index (χ0n) is 19.6. The summed E-state index contributed by atoms with van der Waals surface area (Å²) in [5.41, 5.74) is 4.82. The van der Waals surface area contributed by atoms with Gasteiger partial charge < -0.3 is 5.32 Å². The Morgan fingerprint density at radius 1 is 1.00 bits per heavy atom. The van der Waals surface area contributed by atoms with Gasteiger partial charge in [-0.1, -0.05) is 69.2 Å². The van der Waals surface area contributed by atoms with Gasteiger partial charge in [0.15, 0.2) is 0 Å². The van der Waals surface area contributed by atoms with Crippen molar-refractivity contribution in [1.29, 1.82) is 0 Å². The summed E-state index contributed by atoms with van der Waals surface area (Å²) in [5.74, 6) is 0.700.